The highest BCUT2D eigenvalue weighted by Crippen LogP contribution is 2.22. The summed E-state index contributed by atoms with van der Waals surface area (Å²) in [5.74, 6) is -0.193. The molecule has 0 saturated carbocycles. The largest absolute Gasteiger partial charge is 0.291 e. The maximum atomic E-state index is 11.3. The molecule has 0 spiro atoms. The molecule has 16 heavy (non-hydrogen) atoms. The van der Waals surface area contributed by atoms with Gasteiger partial charge in [-0.3, -0.25) is 9.78 Å². The number of thiazole rings is 1. The first-order valence-corrected chi connectivity index (χ1v) is 6.10. The molecule has 5 heteroatoms. The van der Waals surface area contributed by atoms with Gasteiger partial charge in [0.15, 0.2) is 5.78 Å². The van der Waals surface area contributed by atoms with Gasteiger partial charge in [0.2, 0.25) is 0 Å². The van der Waals surface area contributed by atoms with Gasteiger partial charge in [0, 0.05) is 11.6 Å². The summed E-state index contributed by atoms with van der Waals surface area (Å²) in [5.41, 5.74) is 2.29. The molecule has 3 nitrogen and oxygen atoms in total. The molecule has 2 aromatic heterocycles. The second kappa shape index (κ2) is 4.72. The standard InChI is InChI=1S/C11H9ClN2OS/c1-7-2-3-8(13-5-7)11-14-9(6-16-11)10(15)4-12/h2-3,5-6H,4H2,1H3. The van der Waals surface area contributed by atoms with Gasteiger partial charge in [-0.25, -0.2) is 4.98 Å². The summed E-state index contributed by atoms with van der Waals surface area (Å²) in [6.45, 7) is 1.97. The van der Waals surface area contributed by atoms with Gasteiger partial charge < -0.3 is 0 Å². The van der Waals surface area contributed by atoms with E-state index in [-0.39, 0.29) is 11.7 Å². The molecule has 0 N–H and O–H groups in total. The molecule has 0 fully saturated rings. The Hall–Kier alpha value is -1.26. The van der Waals surface area contributed by atoms with Crippen molar-refractivity contribution in [2.45, 2.75) is 6.92 Å². The maximum Gasteiger partial charge on any atom is 0.196 e. The van der Waals surface area contributed by atoms with E-state index in [0.29, 0.717) is 5.69 Å². The van der Waals surface area contributed by atoms with E-state index in [1.807, 2.05) is 19.1 Å². The fourth-order valence-corrected chi connectivity index (χ4v) is 2.12. The third-order valence-corrected chi connectivity index (χ3v) is 3.15. The second-order valence-electron chi connectivity index (χ2n) is 3.32. The molecule has 0 bridgehead atoms. The first kappa shape index (κ1) is 11.2. The van der Waals surface area contributed by atoms with Gasteiger partial charge in [0.05, 0.1) is 11.6 Å². The molecule has 0 radical (unpaired) electrons. The van der Waals surface area contributed by atoms with Crippen molar-refractivity contribution in [2.75, 3.05) is 5.88 Å². The zero-order valence-corrected chi connectivity index (χ0v) is 10.2. The minimum absolute atomic E-state index is 0.0372. The van der Waals surface area contributed by atoms with Crippen molar-refractivity contribution in [3.8, 4) is 10.7 Å². The Kier molecular flexibility index (Phi) is 3.31. The minimum Gasteiger partial charge on any atom is -0.291 e. The third-order valence-electron chi connectivity index (χ3n) is 2.04. The maximum absolute atomic E-state index is 11.3. The van der Waals surface area contributed by atoms with Crippen molar-refractivity contribution < 1.29 is 4.79 Å². The summed E-state index contributed by atoms with van der Waals surface area (Å²) < 4.78 is 0. The number of rotatable bonds is 3. The first-order chi connectivity index (χ1) is 7.70. The van der Waals surface area contributed by atoms with Gasteiger partial charge >= 0.3 is 0 Å². The molecule has 0 amide bonds. The van der Waals surface area contributed by atoms with Crippen LogP contribution in [0.1, 0.15) is 16.1 Å². The lowest BCUT2D eigenvalue weighted by Gasteiger charge is -1.95. The Morgan fingerprint density at radius 3 is 2.94 bits per heavy atom. The van der Waals surface area contributed by atoms with E-state index in [4.69, 9.17) is 11.6 Å². The summed E-state index contributed by atoms with van der Waals surface area (Å²) in [4.78, 5) is 19.8. The van der Waals surface area contributed by atoms with Gasteiger partial charge in [-0.05, 0) is 18.6 Å². The average Bonchev–Trinajstić information content (AvgIpc) is 2.78. The van der Waals surface area contributed by atoms with Crippen molar-refractivity contribution in [3.63, 3.8) is 0 Å². The lowest BCUT2D eigenvalue weighted by molar-refractivity contribution is 0.101. The quantitative estimate of drug-likeness (QED) is 0.623. The van der Waals surface area contributed by atoms with Gasteiger partial charge in [-0.15, -0.1) is 22.9 Å². The molecule has 82 valence electrons. The number of hydrogen-bond donors (Lipinski definition) is 0. The zero-order chi connectivity index (χ0) is 11.5. The number of alkyl halides is 1. The van der Waals surface area contributed by atoms with Crippen LogP contribution in [-0.4, -0.2) is 21.6 Å². The van der Waals surface area contributed by atoms with Gasteiger partial charge in [0.25, 0.3) is 0 Å². The molecular weight excluding hydrogens is 244 g/mol. The van der Waals surface area contributed by atoms with Crippen molar-refractivity contribution in [1.29, 1.82) is 0 Å². The number of aromatic nitrogens is 2. The molecular formula is C11H9ClN2OS. The Morgan fingerprint density at radius 1 is 1.50 bits per heavy atom. The van der Waals surface area contributed by atoms with Crippen LogP contribution >= 0.6 is 22.9 Å². The topological polar surface area (TPSA) is 42.9 Å². The van der Waals surface area contributed by atoms with Crippen LogP contribution in [-0.2, 0) is 0 Å². The molecule has 0 atom stereocenters. The summed E-state index contributed by atoms with van der Waals surface area (Å²) in [7, 11) is 0. The lowest BCUT2D eigenvalue weighted by atomic mass is 10.3. The average molecular weight is 253 g/mol. The zero-order valence-electron chi connectivity index (χ0n) is 8.61. The van der Waals surface area contributed by atoms with E-state index in [9.17, 15) is 4.79 Å². The molecule has 0 unspecified atom stereocenters. The van der Waals surface area contributed by atoms with Crippen molar-refractivity contribution >= 4 is 28.7 Å². The number of hydrogen-bond acceptors (Lipinski definition) is 4. The third kappa shape index (κ3) is 2.28. The summed E-state index contributed by atoms with van der Waals surface area (Å²) >= 11 is 6.86. The highest BCUT2D eigenvalue weighted by atomic mass is 35.5. The van der Waals surface area contributed by atoms with Crippen LogP contribution in [0.15, 0.2) is 23.7 Å². The van der Waals surface area contributed by atoms with Crippen molar-refractivity contribution in [1.82, 2.24) is 9.97 Å². The highest BCUT2D eigenvalue weighted by Gasteiger charge is 2.11. The molecule has 0 saturated heterocycles. The summed E-state index contributed by atoms with van der Waals surface area (Å²) in [5, 5.41) is 2.45. The molecule has 0 aliphatic rings. The number of ketones is 1. The van der Waals surface area contributed by atoms with E-state index in [2.05, 4.69) is 9.97 Å². The summed E-state index contributed by atoms with van der Waals surface area (Å²) in [6, 6.07) is 3.86. The highest BCUT2D eigenvalue weighted by molar-refractivity contribution is 7.13. The van der Waals surface area contributed by atoms with Crippen molar-refractivity contribution in [2.24, 2.45) is 0 Å². The Labute approximate surface area is 102 Å². The SMILES string of the molecule is Cc1ccc(-c2nc(C(=O)CCl)cs2)nc1. The van der Waals surface area contributed by atoms with Crippen molar-refractivity contribution in [3.05, 3.63) is 35.0 Å². The number of aryl methyl sites for hydroxylation is 1. The van der Waals surface area contributed by atoms with Crippen LogP contribution in [0.25, 0.3) is 10.7 Å². The van der Waals surface area contributed by atoms with Crippen LogP contribution in [0.2, 0.25) is 0 Å². The van der Waals surface area contributed by atoms with E-state index in [1.54, 1.807) is 11.6 Å². The number of carbonyl (C=O) groups excluding carboxylic acids is 1. The summed E-state index contributed by atoms with van der Waals surface area (Å²) in [6.07, 6.45) is 1.78. The minimum atomic E-state index is -0.156. The van der Waals surface area contributed by atoms with Crippen LogP contribution in [0.5, 0.6) is 0 Å². The lowest BCUT2D eigenvalue weighted by Crippen LogP contribution is -2.00. The number of nitrogens with zero attached hydrogens (tertiary/aromatic N) is 2. The van der Waals surface area contributed by atoms with Crippen LogP contribution in [0.3, 0.4) is 0 Å². The fraction of sp³-hybridized carbons (Fsp3) is 0.182. The second-order valence-corrected chi connectivity index (χ2v) is 4.44. The molecule has 2 rings (SSSR count). The monoisotopic (exact) mass is 252 g/mol. The van der Waals surface area contributed by atoms with E-state index >= 15 is 0 Å². The first-order valence-electron chi connectivity index (χ1n) is 4.68. The molecule has 0 aliphatic carbocycles. The molecule has 0 aliphatic heterocycles. The van der Waals surface area contributed by atoms with Crippen LogP contribution in [0.4, 0.5) is 0 Å². The molecule has 2 aromatic rings. The Balaban J connectivity index is 2.31. The molecule has 2 heterocycles. The van der Waals surface area contributed by atoms with Crippen LogP contribution < -0.4 is 0 Å². The number of pyridine rings is 1. The smallest absolute Gasteiger partial charge is 0.196 e. The Morgan fingerprint density at radius 2 is 2.31 bits per heavy atom. The fourth-order valence-electron chi connectivity index (χ4n) is 1.18. The predicted molar refractivity (Wildman–Crippen MR) is 65.1 cm³/mol. The Bertz CT molecular complexity index is 507. The van der Waals surface area contributed by atoms with Gasteiger partial charge in [-0.2, -0.15) is 0 Å². The number of carbonyl (C=O) groups is 1. The number of halogens is 1. The normalized spacial score (nSPS) is 10.4. The van der Waals surface area contributed by atoms with E-state index in [1.165, 1.54) is 11.3 Å². The van der Waals surface area contributed by atoms with E-state index < -0.39 is 0 Å². The van der Waals surface area contributed by atoms with E-state index in [0.717, 1.165) is 16.3 Å². The predicted octanol–water partition coefficient (Wildman–Crippen LogP) is 2.94. The van der Waals surface area contributed by atoms with Gasteiger partial charge in [0.1, 0.15) is 10.7 Å². The van der Waals surface area contributed by atoms with Crippen LogP contribution in [0, 0.1) is 6.92 Å². The number of Topliss-reactive ketones (excluding diaryl/α,β-unsaturated/α-hetero) is 1. The molecule has 0 aromatic carbocycles. The van der Waals surface area contributed by atoms with Gasteiger partial charge in [-0.1, -0.05) is 6.07 Å².